The van der Waals surface area contributed by atoms with Crippen molar-refractivity contribution in [2.24, 2.45) is 7.05 Å². The van der Waals surface area contributed by atoms with E-state index in [9.17, 15) is 18.0 Å². The average molecular weight is 452 g/mol. The van der Waals surface area contributed by atoms with Crippen LogP contribution in [0.4, 0.5) is 24.8 Å². The minimum atomic E-state index is -4.73. The second-order valence-corrected chi connectivity index (χ2v) is 7.97. The number of alkyl halides is 3. The Bertz CT molecular complexity index is 1410. The number of aromatic nitrogens is 3. The molecule has 9 heteroatoms. The van der Waals surface area contributed by atoms with Crippen LogP contribution in [0.2, 0.25) is 0 Å². The summed E-state index contributed by atoms with van der Waals surface area (Å²) in [6, 6.07) is 12.5. The quantitative estimate of drug-likeness (QED) is 0.414. The smallest absolute Gasteiger partial charge is 0.423 e. The van der Waals surface area contributed by atoms with Gasteiger partial charge in [-0.25, -0.2) is 4.98 Å². The fourth-order valence-electron chi connectivity index (χ4n) is 4.04. The van der Waals surface area contributed by atoms with Crippen molar-refractivity contribution in [2.45, 2.75) is 25.9 Å². The summed E-state index contributed by atoms with van der Waals surface area (Å²) in [6.45, 7) is 1.99. The number of Topliss-reactive ketones (excluding diaryl/α,β-unsaturated/α-hetero) is 1. The summed E-state index contributed by atoms with van der Waals surface area (Å²) < 4.78 is 48.5. The van der Waals surface area contributed by atoms with E-state index >= 15 is 0 Å². The Kier molecular flexibility index (Phi) is 4.84. The number of aryl methyl sites for hydroxylation is 3. The molecule has 0 spiro atoms. The topological polar surface area (TPSA) is 69.0 Å². The maximum atomic E-state index is 13.6. The molecule has 2 aromatic carbocycles. The number of carbonyl (C=O) groups excluding carboxylic acids is 1. The van der Waals surface area contributed by atoms with E-state index in [2.05, 4.69) is 15.3 Å². The van der Waals surface area contributed by atoms with E-state index < -0.39 is 17.6 Å². The third-order valence-electron chi connectivity index (χ3n) is 5.82. The van der Waals surface area contributed by atoms with Crippen LogP contribution in [0.25, 0.3) is 10.9 Å². The van der Waals surface area contributed by atoms with Crippen LogP contribution in [0.3, 0.4) is 0 Å². The van der Waals surface area contributed by atoms with Crippen molar-refractivity contribution in [2.75, 3.05) is 5.32 Å². The van der Waals surface area contributed by atoms with Gasteiger partial charge in [-0.3, -0.25) is 4.79 Å². The lowest BCUT2D eigenvalue weighted by Gasteiger charge is -2.15. The monoisotopic (exact) mass is 452 g/mol. The molecule has 0 atom stereocenters. The van der Waals surface area contributed by atoms with E-state index in [0.29, 0.717) is 30.3 Å². The molecule has 1 aliphatic carbocycles. The number of hydrogen-bond acceptors (Lipinski definition) is 5. The minimum Gasteiger partial charge on any atom is -0.437 e. The van der Waals surface area contributed by atoms with Crippen LogP contribution in [0, 0.1) is 6.92 Å². The Morgan fingerprint density at radius 3 is 2.73 bits per heavy atom. The van der Waals surface area contributed by atoms with Crippen LogP contribution >= 0.6 is 0 Å². The van der Waals surface area contributed by atoms with Gasteiger partial charge in [-0.1, -0.05) is 18.2 Å². The first-order valence-electron chi connectivity index (χ1n) is 10.3. The number of fused-ring (bicyclic) bond motifs is 2. The van der Waals surface area contributed by atoms with Crippen molar-refractivity contribution in [3.63, 3.8) is 0 Å². The fourth-order valence-corrected chi connectivity index (χ4v) is 4.04. The molecular formula is C24H19F3N4O2. The highest BCUT2D eigenvalue weighted by atomic mass is 19.4. The predicted octanol–water partition coefficient (Wildman–Crippen LogP) is 5.96. The van der Waals surface area contributed by atoms with Crippen LogP contribution in [-0.2, 0) is 19.6 Å². The summed E-state index contributed by atoms with van der Waals surface area (Å²) in [5.74, 6) is -0.815. The van der Waals surface area contributed by atoms with E-state index in [1.807, 2.05) is 36.7 Å². The van der Waals surface area contributed by atoms with Crippen molar-refractivity contribution >= 4 is 28.3 Å². The first-order chi connectivity index (χ1) is 15.7. The molecule has 0 aliphatic heterocycles. The largest absolute Gasteiger partial charge is 0.437 e. The Balaban J connectivity index is 1.52. The Labute approximate surface area is 187 Å². The minimum absolute atomic E-state index is 0.0535. The van der Waals surface area contributed by atoms with Crippen molar-refractivity contribution in [1.29, 1.82) is 0 Å². The van der Waals surface area contributed by atoms with Gasteiger partial charge in [0, 0.05) is 31.0 Å². The lowest BCUT2D eigenvalue weighted by Crippen LogP contribution is -2.11. The molecular weight excluding hydrogens is 433 g/mol. The predicted molar refractivity (Wildman–Crippen MR) is 117 cm³/mol. The zero-order chi connectivity index (χ0) is 23.3. The van der Waals surface area contributed by atoms with Gasteiger partial charge in [0.2, 0.25) is 11.8 Å². The van der Waals surface area contributed by atoms with E-state index in [1.165, 1.54) is 6.07 Å². The van der Waals surface area contributed by atoms with Crippen LogP contribution in [-0.4, -0.2) is 20.3 Å². The molecule has 0 fully saturated rings. The van der Waals surface area contributed by atoms with Gasteiger partial charge in [0.05, 0.1) is 11.1 Å². The van der Waals surface area contributed by atoms with Crippen molar-refractivity contribution in [3.05, 3.63) is 71.0 Å². The van der Waals surface area contributed by atoms with Gasteiger partial charge in [0.25, 0.3) is 0 Å². The number of ether oxygens (including phenoxy) is 1. The first kappa shape index (κ1) is 21.0. The Hall–Kier alpha value is -3.88. The van der Waals surface area contributed by atoms with Crippen LogP contribution in [0.15, 0.2) is 48.7 Å². The molecule has 2 aromatic heterocycles. The molecule has 0 bridgehead atoms. The number of nitrogens with one attached hydrogen (secondary N) is 1. The van der Waals surface area contributed by atoms with Gasteiger partial charge in [-0.2, -0.15) is 18.2 Å². The maximum absolute atomic E-state index is 13.6. The normalized spacial score (nSPS) is 13.4. The van der Waals surface area contributed by atoms with Crippen LogP contribution < -0.4 is 10.1 Å². The number of anilines is 2. The molecule has 0 saturated heterocycles. The van der Waals surface area contributed by atoms with E-state index in [-0.39, 0.29) is 17.5 Å². The summed E-state index contributed by atoms with van der Waals surface area (Å²) >= 11 is 0. The highest BCUT2D eigenvalue weighted by Gasteiger charge is 2.37. The highest BCUT2D eigenvalue weighted by Crippen LogP contribution is 2.39. The van der Waals surface area contributed by atoms with Gasteiger partial charge < -0.3 is 14.6 Å². The SMILES string of the molecule is Cc1cc2ccc(Nc3ncc(C(F)(F)F)c(Oc4cccc5c4C(=O)CC5)n3)cc2n1C. The molecule has 168 valence electrons. The van der Waals surface area contributed by atoms with E-state index in [0.717, 1.165) is 22.2 Å². The van der Waals surface area contributed by atoms with E-state index in [4.69, 9.17) is 4.74 Å². The molecule has 0 unspecified atom stereocenters. The molecule has 4 aromatic rings. The van der Waals surface area contributed by atoms with Gasteiger partial charge in [0.15, 0.2) is 5.78 Å². The van der Waals surface area contributed by atoms with Crippen LogP contribution in [0.5, 0.6) is 11.6 Å². The molecule has 0 radical (unpaired) electrons. The maximum Gasteiger partial charge on any atom is 0.423 e. The number of hydrogen-bond donors (Lipinski definition) is 1. The number of benzene rings is 2. The molecule has 0 saturated carbocycles. The van der Waals surface area contributed by atoms with Crippen LogP contribution in [0.1, 0.15) is 33.6 Å². The molecule has 2 heterocycles. The summed E-state index contributed by atoms with van der Waals surface area (Å²) in [5, 5.41) is 3.99. The van der Waals surface area contributed by atoms with Gasteiger partial charge in [-0.05, 0) is 48.6 Å². The number of carbonyl (C=O) groups is 1. The number of rotatable bonds is 4. The zero-order valence-corrected chi connectivity index (χ0v) is 17.8. The van der Waals surface area contributed by atoms with Crippen molar-refractivity contribution in [1.82, 2.24) is 14.5 Å². The first-order valence-corrected chi connectivity index (χ1v) is 10.3. The van der Waals surface area contributed by atoms with Crippen molar-refractivity contribution in [3.8, 4) is 11.6 Å². The molecule has 1 N–H and O–H groups in total. The lowest BCUT2D eigenvalue weighted by molar-refractivity contribution is -0.139. The molecule has 5 rings (SSSR count). The number of halogens is 3. The molecule has 0 amide bonds. The number of ketones is 1. The second kappa shape index (κ2) is 7.61. The van der Waals surface area contributed by atoms with Gasteiger partial charge in [0.1, 0.15) is 11.3 Å². The molecule has 33 heavy (non-hydrogen) atoms. The summed E-state index contributed by atoms with van der Waals surface area (Å²) in [4.78, 5) is 20.1. The second-order valence-electron chi connectivity index (χ2n) is 7.97. The van der Waals surface area contributed by atoms with Gasteiger partial charge in [-0.15, -0.1) is 0 Å². The number of nitrogens with zero attached hydrogens (tertiary/aromatic N) is 3. The fraction of sp³-hybridized carbons (Fsp3) is 0.208. The summed E-state index contributed by atoms with van der Waals surface area (Å²) in [5.41, 5.74) is 2.59. The average Bonchev–Trinajstić information content (AvgIpc) is 3.28. The Morgan fingerprint density at radius 2 is 1.94 bits per heavy atom. The summed E-state index contributed by atoms with van der Waals surface area (Å²) in [6.07, 6.45) is -3.20. The van der Waals surface area contributed by atoms with Crippen molar-refractivity contribution < 1.29 is 22.7 Å². The Morgan fingerprint density at radius 1 is 1.12 bits per heavy atom. The zero-order valence-electron chi connectivity index (χ0n) is 17.8. The third-order valence-corrected chi connectivity index (χ3v) is 5.82. The standard InChI is InChI=1S/C24H19F3N4O2/c1-13-10-15-6-8-16(11-18(15)31(13)2)29-23-28-12-17(24(25,26)27)22(30-23)33-20-5-3-4-14-7-9-19(32)21(14)20/h3-6,8,10-12H,7,9H2,1-2H3,(H,28,29,30). The molecule has 1 aliphatic rings. The lowest BCUT2D eigenvalue weighted by atomic mass is 10.1. The molecule has 6 nitrogen and oxygen atoms in total. The van der Waals surface area contributed by atoms with Gasteiger partial charge >= 0.3 is 6.18 Å². The van der Waals surface area contributed by atoms with E-state index in [1.54, 1.807) is 18.2 Å². The summed E-state index contributed by atoms with van der Waals surface area (Å²) in [7, 11) is 1.93. The highest BCUT2D eigenvalue weighted by molar-refractivity contribution is 6.03. The third kappa shape index (κ3) is 3.79.